The molecule has 8 heteroatoms. The Balaban J connectivity index is 0.00000338. The number of nitrogens with two attached hydrogens (primary N) is 1. The van der Waals surface area contributed by atoms with Crippen LogP contribution in [0, 0.1) is 5.92 Å². The van der Waals surface area contributed by atoms with Crippen molar-refractivity contribution in [3.63, 3.8) is 0 Å². The predicted molar refractivity (Wildman–Crippen MR) is 116 cm³/mol. The maximum atomic E-state index is 6.04. The van der Waals surface area contributed by atoms with E-state index in [4.69, 9.17) is 15.2 Å². The lowest BCUT2D eigenvalue weighted by molar-refractivity contribution is 0.332. The molecule has 7 nitrogen and oxygen atoms in total. The molecule has 26 heavy (non-hydrogen) atoms. The highest BCUT2D eigenvalue weighted by atomic mass is 127. The molecule has 0 aliphatic carbocycles. The van der Waals surface area contributed by atoms with Crippen LogP contribution in [0.25, 0.3) is 0 Å². The largest absolute Gasteiger partial charge is 0.494 e. The lowest BCUT2D eigenvalue weighted by Crippen LogP contribution is -2.24. The first kappa shape index (κ1) is 22.1. The Hall–Kier alpha value is -1.97. The highest BCUT2D eigenvalue weighted by Crippen LogP contribution is 2.29. The maximum Gasteiger partial charge on any atom is 0.193 e. The molecule has 1 aromatic heterocycles. The van der Waals surface area contributed by atoms with Crippen LogP contribution in [0.3, 0.4) is 0 Å². The van der Waals surface area contributed by atoms with Crippen molar-refractivity contribution >= 4 is 35.6 Å². The average Bonchev–Trinajstić information content (AvgIpc) is 3.09. The van der Waals surface area contributed by atoms with Gasteiger partial charge in [-0.25, -0.2) is 0 Å². The number of hydrogen-bond donors (Lipinski definition) is 2. The Bertz CT molecular complexity index is 676. The SMILES string of the molecule is CCOc1ccc(OCC)c(NC(N)=NCC(C)Cn2cccn2)c1.I. The van der Waals surface area contributed by atoms with Crippen LogP contribution in [-0.2, 0) is 6.54 Å². The van der Waals surface area contributed by atoms with Crippen LogP contribution >= 0.6 is 24.0 Å². The van der Waals surface area contributed by atoms with Gasteiger partial charge < -0.3 is 20.5 Å². The van der Waals surface area contributed by atoms with Gasteiger partial charge in [-0.3, -0.25) is 9.67 Å². The molecule has 0 aliphatic rings. The number of nitrogens with zero attached hydrogens (tertiary/aromatic N) is 3. The summed E-state index contributed by atoms with van der Waals surface area (Å²) in [6.07, 6.45) is 3.71. The van der Waals surface area contributed by atoms with E-state index in [0.717, 1.165) is 18.0 Å². The first-order valence-corrected chi connectivity index (χ1v) is 8.56. The molecule has 1 aromatic carbocycles. The molecule has 0 aliphatic heterocycles. The third-order valence-corrected chi connectivity index (χ3v) is 3.46. The fourth-order valence-corrected chi connectivity index (χ4v) is 2.36. The highest BCUT2D eigenvalue weighted by Gasteiger charge is 2.08. The van der Waals surface area contributed by atoms with E-state index in [2.05, 4.69) is 22.3 Å². The molecule has 0 saturated carbocycles. The van der Waals surface area contributed by atoms with E-state index in [1.165, 1.54) is 0 Å². The molecular weight excluding hydrogens is 445 g/mol. The van der Waals surface area contributed by atoms with E-state index < -0.39 is 0 Å². The minimum Gasteiger partial charge on any atom is -0.494 e. The highest BCUT2D eigenvalue weighted by molar-refractivity contribution is 14.0. The van der Waals surface area contributed by atoms with Crippen molar-refractivity contribution < 1.29 is 9.47 Å². The molecule has 3 N–H and O–H groups in total. The number of guanidine groups is 1. The standard InChI is InChI=1S/C18H27N5O2.HI/c1-4-24-15-7-8-17(25-5-2)16(11-15)22-18(19)20-12-14(3)13-23-10-6-9-21-23;/h6-11,14H,4-5,12-13H2,1-3H3,(H3,19,20,22);1H. The topological polar surface area (TPSA) is 86.7 Å². The zero-order valence-electron chi connectivity index (χ0n) is 15.5. The smallest absolute Gasteiger partial charge is 0.193 e. The number of ether oxygens (including phenoxy) is 2. The van der Waals surface area contributed by atoms with Gasteiger partial charge in [0.25, 0.3) is 0 Å². The lowest BCUT2D eigenvalue weighted by Gasteiger charge is -2.14. The van der Waals surface area contributed by atoms with E-state index in [9.17, 15) is 0 Å². The van der Waals surface area contributed by atoms with Crippen molar-refractivity contribution in [2.24, 2.45) is 16.6 Å². The van der Waals surface area contributed by atoms with Crippen LogP contribution in [0.5, 0.6) is 11.5 Å². The summed E-state index contributed by atoms with van der Waals surface area (Å²) < 4.78 is 13.1. The van der Waals surface area contributed by atoms with Gasteiger partial charge in [-0.05, 0) is 38.0 Å². The van der Waals surface area contributed by atoms with Crippen LogP contribution in [0.1, 0.15) is 20.8 Å². The summed E-state index contributed by atoms with van der Waals surface area (Å²) in [6, 6.07) is 7.51. The first-order chi connectivity index (χ1) is 12.1. The Morgan fingerprint density at radius 1 is 1.31 bits per heavy atom. The van der Waals surface area contributed by atoms with Gasteiger partial charge in [0.15, 0.2) is 5.96 Å². The molecule has 0 bridgehead atoms. The molecule has 2 rings (SSSR count). The van der Waals surface area contributed by atoms with Crippen molar-refractivity contribution in [2.45, 2.75) is 27.3 Å². The van der Waals surface area contributed by atoms with Crippen LogP contribution in [0.15, 0.2) is 41.7 Å². The second-order valence-electron chi connectivity index (χ2n) is 5.71. The molecular formula is C18H28IN5O2. The first-order valence-electron chi connectivity index (χ1n) is 8.56. The van der Waals surface area contributed by atoms with Gasteiger partial charge in [-0.2, -0.15) is 5.10 Å². The minimum absolute atomic E-state index is 0. The van der Waals surface area contributed by atoms with E-state index in [-0.39, 0.29) is 24.0 Å². The van der Waals surface area contributed by atoms with E-state index in [1.54, 1.807) is 6.20 Å². The Morgan fingerprint density at radius 3 is 2.73 bits per heavy atom. The van der Waals surface area contributed by atoms with Crippen molar-refractivity contribution in [3.05, 3.63) is 36.7 Å². The Kier molecular flexibility index (Phi) is 9.85. The van der Waals surface area contributed by atoms with Crippen LogP contribution in [0.2, 0.25) is 0 Å². The number of anilines is 1. The average molecular weight is 473 g/mol. The quantitative estimate of drug-likeness (QED) is 0.332. The van der Waals surface area contributed by atoms with E-state index >= 15 is 0 Å². The number of benzene rings is 1. The van der Waals surface area contributed by atoms with Crippen molar-refractivity contribution in [1.82, 2.24) is 9.78 Å². The fraction of sp³-hybridized carbons (Fsp3) is 0.444. The van der Waals surface area contributed by atoms with Gasteiger partial charge in [0.1, 0.15) is 11.5 Å². The van der Waals surface area contributed by atoms with E-state index in [0.29, 0.717) is 37.4 Å². The van der Waals surface area contributed by atoms with E-state index in [1.807, 2.05) is 49.0 Å². The number of rotatable bonds is 9. The zero-order chi connectivity index (χ0) is 18.1. The lowest BCUT2D eigenvalue weighted by atomic mass is 10.2. The molecule has 2 aromatic rings. The molecule has 0 fully saturated rings. The summed E-state index contributed by atoms with van der Waals surface area (Å²) in [5.74, 6) is 2.14. The number of halogens is 1. The normalized spacial score (nSPS) is 12.2. The van der Waals surface area contributed by atoms with Crippen LogP contribution in [0.4, 0.5) is 5.69 Å². The third kappa shape index (κ3) is 7.11. The number of hydrogen-bond acceptors (Lipinski definition) is 4. The number of aliphatic imine (C=N–C) groups is 1. The maximum absolute atomic E-state index is 6.04. The summed E-state index contributed by atoms with van der Waals surface area (Å²) in [5.41, 5.74) is 6.78. The molecule has 1 unspecified atom stereocenters. The second kappa shape index (κ2) is 11.6. The summed E-state index contributed by atoms with van der Waals surface area (Å²) in [4.78, 5) is 4.42. The van der Waals surface area contributed by atoms with Crippen molar-refractivity contribution in [1.29, 1.82) is 0 Å². The van der Waals surface area contributed by atoms with Crippen LogP contribution < -0.4 is 20.5 Å². The molecule has 0 saturated heterocycles. The Labute approximate surface area is 172 Å². The summed E-state index contributed by atoms with van der Waals surface area (Å²) in [6.45, 7) is 8.57. The van der Waals surface area contributed by atoms with Crippen molar-refractivity contribution in [3.8, 4) is 11.5 Å². The fourth-order valence-electron chi connectivity index (χ4n) is 2.36. The summed E-state index contributed by atoms with van der Waals surface area (Å²) in [5, 5.41) is 7.31. The molecule has 1 heterocycles. The Morgan fingerprint density at radius 2 is 2.08 bits per heavy atom. The van der Waals surface area contributed by atoms with Gasteiger partial charge in [0.05, 0.1) is 18.9 Å². The second-order valence-corrected chi connectivity index (χ2v) is 5.71. The molecule has 1 atom stereocenters. The van der Waals surface area contributed by atoms with Crippen LogP contribution in [-0.4, -0.2) is 35.5 Å². The van der Waals surface area contributed by atoms with Gasteiger partial charge in [0, 0.05) is 31.5 Å². The summed E-state index contributed by atoms with van der Waals surface area (Å²) in [7, 11) is 0. The molecule has 0 spiro atoms. The molecule has 0 radical (unpaired) electrons. The van der Waals surface area contributed by atoms with Gasteiger partial charge in [-0.15, -0.1) is 24.0 Å². The van der Waals surface area contributed by atoms with Gasteiger partial charge >= 0.3 is 0 Å². The predicted octanol–water partition coefficient (Wildman–Crippen LogP) is 3.36. The zero-order valence-corrected chi connectivity index (χ0v) is 17.8. The minimum atomic E-state index is 0. The van der Waals surface area contributed by atoms with Gasteiger partial charge in [-0.1, -0.05) is 6.92 Å². The molecule has 144 valence electrons. The molecule has 0 amide bonds. The monoisotopic (exact) mass is 473 g/mol. The van der Waals surface area contributed by atoms with Crippen molar-refractivity contribution in [2.75, 3.05) is 25.1 Å². The summed E-state index contributed by atoms with van der Waals surface area (Å²) >= 11 is 0. The van der Waals surface area contributed by atoms with Gasteiger partial charge in [0.2, 0.25) is 0 Å². The number of aromatic nitrogens is 2. The third-order valence-electron chi connectivity index (χ3n) is 3.46. The number of nitrogens with one attached hydrogen (secondary N) is 1.